The molecule has 7 heteroatoms. The second-order valence-electron chi connectivity index (χ2n) is 8.24. The summed E-state index contributed by atoms with van der Waals surface area (Å²) >= 11 is 0. The lowest BCUT2D eigenvalue weighted by molar-refractivity contribution is -0.172. The van der Waals surface area contributed by atoms with Crippen molar-refractivity contribution in [1.29, 1.82) is 0 Å². The molecule has 160 valence electrons. The molecule has 0 spiro atoms. The first-order chi connectivity index (χ1) is 13.5. The van der Waals surface area contributed by atoms with E-state index >= 15 is 0 Å². The van der Waals surface area contributed by atoms with Gasteiger partial charge in [0.1, 0.15) is 12.2 Å². The smallest absolute Gasteiger partial charge is 0.334 e. The van der Waals surface area contributed by atoms with Crippen molar-refractivity contribution in [2.45, 2.75) is 78.1 Å². The minimum Gasteiger partial charge on any atom is -0.458 e. The van der Waals surface area contributed by atoms with E-state index in [-0.39, 0.29) is 30.1 Å². The fraction of sp³-hybridized carbons (Fsp3) is 0.636. The molecule has 1 aliphatic heterocycles. The number of Topliss-reactive ketones (excluding diaryl/α,β-unsaturated/α-hetero) is 1. The van der Waals surface area contributed by atoms with Gasteiger partial charge in [-0.25, -0.2) is 9.59 Å². The highest BCUT2D eigenvalue weighted by atomic mass is 16.6. The summed E-state index contributed by atoms with van der Waals surface area (Å²) in [6.07, 6.45) is 1.45. The van der Waals surface area contributed by atoms with Crippen LogP contribution in [0.3, 0.4) is 0 Å². The van der Waals surface area contributed by atoms with Crippen LogP contribution in [0.25, 0.3) is 0 Å². The van der Waals surface area contributed by atoms with Crippen LogP contribution >= 0.6 is 0 Å². The molecule has 0 aromatic rings. The molecule has 0 N–H and O–H groups in total. The number of ether oxygens (including phenoxy) is 3. The lowest BCUT2D eigenvalue weighted by Crippen LogP contribution is -2.48. The average Bonchev–Trinajstić information content (AvgIpc) is 2.90. The fourth-order valence-corrected chi connectivity index (χ4v) is 3.97. The van der Waals surface area contributed by atoms with Crippen molar-refractivity contribution in [3.63, 3.8) is 0 Å². The second-order valence-corrected chi connectivity index (χ2v) is 8.24. The van der Waals surface area contributed by atoms with E-state index < -0.39 is 41.6 Å². The number of ketones is 1. The summed E-state index contributed by atoms with van der Waals surface area (Å²) in [6.45, 7) is 11.9. The minimum atomic E-state index is -1.48. The van der Waals surface area contributed by atoms with Gasteiger partial charge < -0.3 is 14.2 Å². The molecule has 0 amide bonds. The van der Waals surface area contributed by atoms with Gasteiger partial charge in [-0.05, 0) is 39.5 Å². The second kappa shape index (κ2) is 8.93. The third kappa shape index (κ3) is 5.14. The normalized spacial score (nSPS) is 33.6. The molecule has 1 saturated heterocycles. The van der Waals surface area contributed by atoms with Gasteiger partial charge in [0.2, 0.25) is 0 Å². The zero-order valence-electron chi connectivity index (χ0n) is 17.8. The van der Waals surface area contributed by atoms with Crippen LogP contribution in [0.1, 0.15) is 60.3 Å². The van der Waals surface area contributed by atoms with Crippen molar-refractivity contribution in [3.8, 4) is 0 Å². The molecule has 1 saturated carbocycles. The molecule has 1 aliphatic carbocycles. The van der Waals surface area contributed by atoms with Crippen molar-refractivity contribution < 1.29 is 33.4 Å². The Hall–Kier alpha value is -2.44. The minimum absolute atomic E-state index is 0.0701. The van der Waals surface area contributed by atoms with Gasteiger partial charge in [0, 0.05) is 30.9 Å². The molecule has 0 aromatic carbocycles. The molecular formula is C22H30O7. The molecule has 5 atom stereocenters. The van der Waals surface area contributed by atoms with E-state index in [1.807, 2.05) is 6.92 Å². The van der Waals surface area contributed by atoms with Gasteiger partial charge in [0.25, 0.3) is 0 Å². The number of rotatable bonds is 3. The van der Waals surface area contributed by atoms with Crippen molar-refractivity contribution in [3.05, 3.63) is 23.8 Å². The van der Waals surface area contributed by atoms with Crippen LogP contribution < -0.4 is 0 Å². The van der Waals surface area contributed by atoms with Crippen LogP contribution in [-0.2, 0) is 33.4 Å². The summed E-state index contributed by atoms with van der Waals surface area (Å²) in [7, 11) is 0. The van der Waals surface area contributed by atoms with Gasteiger partial charge in [-0.1, -0.05) is 19.6 Å². The van der Waals surface area contributed by atoms with Crippen molar-refractivity contribution in [2.75, 3.05) is 0 Å². The van der Waals surface area contributed by atoms with Crippen LogP contribution in [0, 0.1) is 11.8 Å². The fourth-order valence-electron chi connectivity index (χ4n) is 3.97. The molecule has 1 heterocycles. The summed E-state index contributed by atoms with van der Waals surface area (Å²) < 4.78 is 16.7. The van der Waals surface area contributed by atoms with E-state index in [4.69, 9.17) is 14.2 Å². The topological polar surface area (TPSA) is 96.0 Å². The Morgan fingerprint density at radius 3 is 2.52 bits per heavy atom. The average molecular weight is 406 g/mol. The Morgan fingerprint density at radius 1 is 1.28 bits per heavy atom. The van der Waals surface area contributed by atoms with Gasteiger partial charge in [0.05, 0.1) is 5.92 Å². The first-order valence-corrected chi connectivity index (χ1v) is 9.95. The van der Waals surface area contributed by atoms with E-state index in [2.05, 4.69) is 6.58 Å². The van der Waals surface area contributed by atoms with Crippen LogP contribution in [0.2, 0.25) is 0 Å². The maximum absolute atomic E-state index is 12.9. The van der Waals surface area contributed by atoms with E-state index in [1.54, 1.807) is 19.9 Å². The largest absolute Gasteiger partial charge is 0.458 e. The number of esters is 3. The van der Waals surface area contributed by atoms with Gasteiger partial charge >= 0.3 is 17.9 Å². The SMILES string of the molecule is C=C1C(=O)O[C@@H]2C[C@@H](C)CCC(=O)[C@](C)(OC(C)=O)C[C@H](OC(=O)/C(C)=C\C)[C@@H]12. The first kappa shape index (κ1) is 22.8. The molecule has 0 aromatic heterocycles. The van der Waals surface area contributed by atoms with Crippen molar-refractivity contribution in [2.24, 2.45) is 11.8 Å². The molecule has 7 nitrogen and oxygen atoms in total. The first-order valence-electron chi connectivity index (χ1n) is 9.95. The Kier molecular flexibility index (Phi) is 7.03. The molecule has 2 rings (SSSR count). The highest BCUT2D eigenvalue weighted by Gasteiger charge is 2.50. The number of allylic oxidation sites excluding steroid dienone is 1. The summed E-state index contributed by atoms with van der Waals surface area (Å²) in [5.41, 5.74) is -0.881. The molecule has 0 radical (unpaired) electrons. The Labute approximate surface area is 171 Å². The summed E-state index contributed by atoms with van der Waals surface area (Å²) in [6, 6.07) is 0. The lowest BCUT2D eigenvalue weighted by Gasteiger charge is -2.36. The van der Waals surface area contributed by atoms with E-state index in [0.29, 0.717) is 18.4 Å². The van der Waals surface area contributed by atoms with Crippen LogP contribution in [0.4, 0.5) is 0 Å². The van der Waals surface area contributed by atoms with Crippen LogP contribution in [-0.4, -0.2) is 41.5 Å². The lowest BCUT2D eigenvalue weighted by atomic mass is 9.77. The van der Waals surface area contributed by atoms with Crippen molar-refractivity contribution in [1.82, 2.24) is 0 Å². The quantitative estimate of drug-likeness (QED) is 0.404. The standard InChI is InChI=1S/C22H30O7/c1-7-13(3)20(25)28-17-11-22(6,29-15(5)23)18(24)9-8-12(2)10-16-19(17)14(4)21(26)27-16/h7,12,16-17,19H,4,8-11H2,1-3,5-6H3/b13-7-/t12-,16+,17-,19-,22+/m0/s1. The van der Waals surface area contributed by atoms with Gasteiger partial charge in [-0.15, -0.1) is 0 Å². The molecule has 0 bridgehead atoms. The van der Waals surface area contributed by atoms with Crippen molar-refractivity contribution >= 4 is 23.7 Å². The predicted molar refractivity (Wildman–Crippen MR) is 105 cm³/mol. The zero-order chi connectivity index (χ0) is 21.9. The molecule has 29 heavy (non-hydrogen) atoms. The third-order valence-electron chi connectivity index (χ3n) is 5.79. The maximum atomic E-state index is 12.9. The number of carbonyl (C=O) groups excluding carboxylic acids is 4. The highest BCUT2D eigenvalue weighted by molar-refractivity contribution is 5.92. The summed E-state index contributed by atoms with van der Waals surface area (Å²) in [5.74, 6) is -2.47. The van der Waals surface area contributed by atoms with Gasteiger partial charge in [-0.2, -0.15) is 0 Å². The number of hydrogen-bond donors (Lipinski definition) is 0. The Morgan fingerprint density at radius 2 is 1.93 bits per heavy atom. The predicted octanol–water partition coefficient (Wildman–Crippen LogP) is 3.06. The third-order valence-corrected chi connectivity index (χ3v) is 5.79. The Bertz CT molecular complexity index is 750. The van der Waals surface area contributed by atoms with Gasteiger partial charge in [-0.3, -0.25) is 9.59 Å². The van der Waals surface area contributed by atoms with E-state index in [1.165, 1.54) is 13.8 Å². The Balaban J connectivity index is 2.50. The number of carbonyl (C=O) groups is 4. The number of hydrogen-bond acceptors (Lipinski definition) is 7. The monoisotopic (exact) mass is 406 g/mol. The molecule has 2 aliphatic rings. The van der Waals surface area contributed by atoms with Crippen LogP contribution in [0.15, 0.2) is 23.8 Å². The molecule has 0 unspecified atom stereocenters. The number of fused-ring (bicyclic) bond motifs is 1. The summed E-state index contributed by atoms with van der Waals surface area (Å²) in [4.78, 5) is 49.4. The maximum Gasteiger partial charge on any atom is 0.334 e. The molecular weight excluding hydrogens is 376 g/mol. The van der Waals surface area contributed by atoms with Crippen LogP contribution in [0.5, 0.6) is 0 Å². The molecule has 2 fully saturated rings. The van der Waals surface area contributed by atoms with Gasteiger partial charge in [0.15, 0.2) is 11.4 Å². The van der Waals surface area contributed by atoms with E-state index in [0.717, 1.165) is 0 Å². The van der Waals surface area contributed by atoms with E-state index in [9.17, 15) is 19.2 Å². The highest BCUT2D eigenvalue weighted by Crippen LogP contribution is 2.40. The zero-order valence-corrected chi connectivity index (χ0v) is 17.8. The summed E-state index contributed by atoms with van der Waals surface area (Å²) in [5, 5.41) is 0.